The second-order valence-corrected chi connectivity index (χ2v) is 9.51. The first-order chi connectivity index (χ1) is 14.8. The highest BCUT2D eigenvalue weighted by atomic mass is 32.2. The van der Waals surface area contributed by atoms with Crippen LogP contribution in [0, 0.1) is 0 Å². The molecule has 1 amide bonds. The van der Waals surface area contributed by atoms with Crippen LogP contribution in [-0.2, 0) is 24.3 Å². The van der Waals surface area contributed by atoms with Crippen LogP contribution in [0.15, 0.2) is 35.2 Å². The second kappa shape index (κ2) is 12.0. The third kappa shape index (κ3) is 6.90. The van der Waals surface area contributed by atoms with Gasteiger partial charge in [-0.2, -0.15) is 4.31 Å². The van der Waals surface area contributed by atoms with Crippen molar-refractivity contribution in [3.63, 3.8) is 0 Å². The van der Waals surface area contributed by atoms with Gasteiger partial charge in [-0.05, 0) is 43.5 Å². The number of nitrogens with zero attached hydrogens (tertiary/aromatic N) is 2. The van der Waals surface area contributed by atoms with Crippen molar-refractivity contribution in [1.29, 1.82) is 0 Å². The number of amides is 1. The molecular formula is C23H34N2O5S. The predicted octanol–water partition coefficient (Wildman–Crippen LogP) is 3.45. The van der Waals surface area contributed by atoms with Crippen molar-refractivity contribution in [2.24, 2.45) is 0 Å². The molecule has 0 aliphatic heterocycles. The van der Waals surface area contributed by atoms with E-state index in [0.29, 0.717) is 25.2 Å². The Hall–Kier alpha value is -2.19. The minimum atomic E-state index is -3.51. The number of rotatable bonds is 10. The number of carbonyl (C=O) groups excluding carboxylic acids is 2. The van der Waals surface area contributed by atoms with Gasteiger partial charge in [0.25, 0.3) is 5.91 Å². The molecule has 8 heteroatoms. The van der Waals surface area contributed by atoms with Crippen LogP contribution in [0.2, 0.25) is 0 Å². The summed E-state index contributed by atoms with van der Waals surface area (Å²) in [6.45, 7) is 6.68. The van der Waals surface area contributed by atoms with E-state index in [9.17, 15) is 18.0 Å². The van der Waals surface area contributed by atoms with Crippen LogP contribution in [-0.4, -0.2) is 61.8 Å². The number of benzene rings is 1. The molecule has 1 aromatic carbocycles. The molecule has 0 spiro atoms. The molecule has 31 heavy (non-hydrogen) atoms. The Morgan fingerprint density at radius 2 is 1.61 bits per heavy atom. The molecule has 0 unspecified atom stereocenters. The molecule has 0 aromatic heterocycles. The zero-order valence-corrected chi connectivity index (χ0v) is 19.6. The normalized spacial score (nSPS) is 15.4. The summed E-state index contributed by atoms with van der Waals surface area (Å²) in [4.78, 5) is 26.5. The molecule has 1 aliphatic carbocycles. The first-order valence-corrected chi connectivity index (χ1v) is 12.5. The van der Waals surface area contributed by atoms with Crippen molar-refractivity contribution in [3.05, 3.63) is 35.9 Å². The molecule has 7 nitrogen and oxygen atoms in total. The van der Waals surface area contributed by atoms with E-state index in [1.807, 2.05) is 11.8 Å². The van der Waals surface area contributed by atoms with Crippen molar-refractivity contribution < 1.29 is 22.7 Å². The summed E-state index contributed by atoms with van der Waals surface area (Å²) in [5.74, 6) is -0.769. The highest BCUT2D eigenvalue weighted by Crippen LogP contribution is 2.22. The van der Waals surface area contributed by atoms with Gasteiger partial charge in [0.15, 0.2) is 6.61 Å². The maximum atomic E-state index is 12.5. The number of likely N-dealkylation sites (N-methyl/N-ethyl adjacent to an activating group) is 1. The van der Waals surface area contributed by atoms with Crippen molar-refractivity contribution in [2.75, 3.05) is 26.2 Å². The molecule has 0 N–H and O–H groups in total. The topological polar surface area (TPSA) is 84.0 Å². The molecule has 0 heterocycles. The summed E-state index contributed by atoms with van der Waals surface area (Å²) in [7, 11) is -3.51. The molecule has 1 saturated carbocycles. The second-order valence-electron chi connectivity index (χ2n) is 7.57. The molecule has 1 aliphatic rings. The molecule has 1 fully saturated rings. The summed E-state index contributed by atoms with van der Waals surface area (Å²) in [6.07, 6.45) is 8.28. The number of hydrogen-bond acceptors (Lipinski definition) is 5. The lowest BCUT2D eigenvalue weighted by molar-refractivity contribution is -0.149. The van der Waals surface area contributed by atoms with Gasteiger partial charge in [-0.15, -0.1) is 0 Å². The molecule has 1 aromatic rings. The molecular weight excluding hydrogens is 416 g/mol. The zero-order valence-electron chi connectivity index (χ0n) is 18.7. The van der Waals surface area contributed by atoms with E-state index in [1.165, 1.54) is 28.9 Å². The van der Waals surface area contributed by atoms with Gasteiger partial charge in [0.1, 0.15) is 0 Å². The highest BCUT2D eigenvalue weighted by Gasteiger charge is 2.24. The molecule has 172 valence electrons. The van der Waals surface area contributed by atoms with Gasteiger partial charge in [-0.1, -0.05) is 45.2 Å². The first kappa shape index (κ1) is 25.1. The minimum Gasteiger partial charge on any atom is -0.452 e. The van der Waals surface area contributed by atoms with Gasteiger partial charge in [0.05, 0.1) is 4.90 Å². The van der Waals surface area contributed by atoms with E-state index in [-0.39, 0.29) is 23.5 Å². The SMILES string of the molecule is CCN(C(=O)COC(=O)/C=C/c1ccc(S(=O)(=O)N(CC)CC)cc1)C1CCCCC1. The average molecular weight is 451 g/mol. The fraction of sp³-hybridized carbons (Fsp3) is 0.565. The smallest absolute Gasteiger partial charge is 0.331 e. The minimum absolute atomic E-state index is 0.165. The largest absolute Gasteiger partial charge is 0.452 e. The van der Waals surface area contributed by atoms with Crippen LogP contribution in [0.1, 0.15) is 58.4 Å². The van der Waals surface area contributed by atoms with Crippen molar-refractivity contribution >= 4 is 28.0 Å². The van der Waals surface area contributed by atoms with Crippen molar-refractivity contribution in [2.45, 2.75) is 63.8 Å². The van der Waals surface area contributed by atoms with E-state index in [2.05, 4.69) is 0 Å². The fourth-order valence-electron chi connectivity index (χ4n) is 3.92. The number of carbonyl (C=O) groups is 2. The Labute approximate surface area is 186 Å². The van der Waals surface area contributed by atoms with E-state index in [1.54, 1.807) is 32.1 Å². The van der Waals surface area contributed by atoms with Crippen molar-refractivity contribution in [3.8, 4) is 0 Å². The fourth-order valence-corrected chi connectivity index (χ4v) is 5.38. The van der Waals surface area contributed by atoms with Gasteiger partial charge in [0.2, 0.25) is 10.0 Å². The lowest BCUT2D eigenvalue weighted by Crippen LogP contribution is -2.43. The average Bonchev–Trinajstić information content (AvgIpc) is 2.78. The molecule has 2 rings (SSSR count). The van der Waals surface area contributed by atoms with E-state index < -0.39 is 16.0 Å². The van der Waals surface area contributed by atoms with Crippen LogP contribution >= 0.6 is 0 Å². The maximum Gasteiger partial charge on any atom is 0.331 e. The summed E-state index contributed by atoms with van der Waals surface area (Å²) >= 11 is 0. The van der Waals surface area contributed by atoms with Crippen LogP contribution in [0.5, 0.6) is 0 Å². The van der Waals surface area contributed by atoms with Gasteiger partial charge < -0.3 is 9.64 Å². The van der Waals surface area contributed by atoms with Gasteiger partial charge >= 0.3 is 5.97 Å². The predicted molar refractivity (Wildman–Crippen MR) is 121 cm³/mol. The highest BCUT2D eigenvalue weighted by molar-refractivity contribution is 7.89. The molecule has 0 saturated heterocycles. The van der Waals surface area contributed by atoms with E-state index in [0.717, 1.165) is 25.7 Å². The summed E-state index contributed by atoms with van der Waals surface area (Å²) < 4.78 is 31.5. The van der Waals surface area contributed by atoms with E-state index >= 15 is 0 Å². The van der Waals surface area contributed by atoms with Gasteiger partial charge in [-0.3, -0.25) is 4.79 Å². The summed E-state index contributed by atoms with van der Waals surface area (Å²) in [5, 5.41) is 0. The van der Waals surface area contributed by atoms with Crippen molar-refractivity contribution in [1.82, 2.24) is 9.21 Å². The summed E-state index contributed by atoms with van der Waals surface area (Å²) in [6, 6.07) is 6.55. The third-order valence-corrected chi connectivity index (χ3v) is 7.71. The Balaban J connectivity index is 1.90. The van der Waals surface area contributed by atoms with Crippen LogP contribution in [0.3, 0.4) is 0 Å². The number of hydrogen-bond donors (Lipinski definition) is 0. The Morgan fingerprint density at radius 3 is 2.16 bits per heavy atom. The first-order valence-electron chi connectivity index (χ1n) is 11.1. The van der Waals surface area contributed by atoms with Gasteiger partial charge in [-0.25, -0.2) is 13.2 Å². The quantitative estimate of drug-likeness (QED) is 0.403. The van der Waals surface area contributed by atoms with Crippen LogP contribution in [0.25, 0.3) is 6.08 Å². The zero-order chi connectivity index (χ0) is 22.9. The van der Waals surface area contributed by atoms with E-state index in [4.69, 9.17) is 4.74 Å². The molecule has 0 radical (unpaired) electrons. The molecule has 0 atom stereocenters. The monoisotopic (exact) mass is 450 g/mol. The van der Waals surface area contributed by atoms with Crippen LogP contribution in [0.4, 0.5) is 0 Å². The Bertz CT molecular complexity index is 854. The summed E-state index contributed by atoms with van der Waals surface area (Å²) in [5.41, 5.74) is 0.666. The lowest BCUT2D eigenvalue weighted by atomic mass is 9.94. The molecule has 0 bridgehead atoms. The maximum absolute atomic E-state index is 12.5. The van der Waals surface area contributed by atoms with Crippen LogP contribution < -0.4 is 0 Å². The Morgan fingerprint density at radius 1 is 1.00 bits per heavy atom. The Kier molecular flexibility index (Phi) is 9.71. The number of sulfonamides is 1. The number of esters is 1. The number of ether oxygens (including phenoxy) is 1. The standard InChI is InChI=1S/C23H34N2O5S/c1-4-24(5-2)31(28,29)21-15-12-19(13-16-21)14-17-23(27)30-18-22(26)25(6-3)20-10-8-7-9-11-20/h12-17,20H,4-11,18H2,1-3H3/b17-14+. The lowest BCUT2D eigenvalue weighted by Gasteiger charge is -2.33. The van der Waals surface area contributed by atoms with Gasteiger partial charge in [0, 0.05) is 31.8 Å². The third-order valence-electron chi connectivity index (χ3n) is 5.65.